The lowest BCUT2D eigenvalue weighted by Gasteiger charge is -2.13. The fourth-order valence-corrected chi connectivity index (χ4v) is 1.98. The number of benzene rings is 1. The van der Waals surface area contributed by atoms with Crippen LogP contribution >= 0.6 is 11.6 Å². The Kier molecular flexibility index (Phi) is 5.30. The molecule has 0 spiro atoms. The van der Waals surface area contributed by atoms with E-state index in [9.17, 15) is 13.6 Å². The summed E-state index contributed by atoms with van der Waals surface area (Å²) in [5, 5.41) is 5.34. The Labute approximate surface area is 135 Å². The summed E-state index contributed by atoms with van der Waals surface area (Å²) in [4.78, 5) is 15.4. The second-order valence-corrected chi connectivity index (χ2v) is 4.96. The lowest BCUT2D eigenvalue weighted by molar-refractivity contribution is 0.100. The highest BCUT2D eigenvalue weighted by Crippen LogP contribution is 2.26. The number of rotatable bonds is 6. The monoisotopic (exact) mass is 341 g/mol. The molecule has 2 rings (SSSR count). The molecule has 6 N–H and O–H groups in total. The molecule has 0 saturated heterocycles. The van der Waals surface area contributed by atoms with Gasteiger partial charge in [0.2, 0.25) is 0 Å². The number of carbonyl (C=O) groups is 1. The highest BCUT2D eigenvalue weighted by Gasteiger charge is 2.16. The predicted molar refractivity (Wildman–Crippen MR) is 84.9 cm³/mol. The number of aromatic nitrogens is 1. The molecule has 0 aliphatic rings. The van der Waals surface area contributed by atoms with Gasteiger partial charge in [-0.25, -0.2) is 13.8 Å². The van der Waals surface area contributed by atoms with Crippen molar-refractivity contribution < 1.29 is 13.6 Å². The van der Waals surface area contributed by atoms with Gasteiger partial charge < -0.3 is 22.1 Å². The lowest BCUT2D eigenvalue weighted by atomic mass is 10.2. The SMILES string of the molecule is NCCNc1nc(Nc2ccc(F)c(Cl)c2)c(C(N)=O)cc1F. The van der Waals surface area contributed by atoms with E-state index in [1.165, 1.54) is 12.1 Å². The minimum absolute atomic E-state index is 0.0149. The summed E-state index contributed by atoms with van der Waals surface area (Å²) >= 11 is 5.69. The molecule has 6 nitrogen and oxygen atoms in total. The van der Waals surface area contributed by atoms with E-state index in [0.717, 1.165) is 12.1 Å². The van der Waals surface area contributed by atoms with Crippen LogP contribution in [0.2, 0.25) is 5.02 Å². The molecule has 0 aliphatic heterocycles. The van der Waals surface area contributed by atoms with Crippen molar-refractivity contribution in [2.45, 2.75) is 0 Å². The molecule has 2 aromatic rings. The fraction of sp³-hybridized carbons (Fsp3) is 0.143. The van der Waals surface area contributed by atoms with E-state index < -0.39 is 17.5 Å². The first kappa shape index (κ1) is 16.9. The first-order chi connectivity index (χ1) is 10.9. The number of primary amides is 1. The molecule has 1 amide bonds. The topological polar surface area (TPSA) is 106 Å². The molecule has 0 saturated carbocycles. The van der Waals surface area contributed by atoms with E-state index in [4.69, 9.17) is 23.1 Å². The van der Waals surface area contributed by atoms with Crippen LogP contribution in [0, 0.1) is 11.6 Å². The van der Waals surface area contributed by atoms with Crippen LogP contribution in [0.1, 0.15) is 10.4 Å². The first-order valence-electron chi connectivity index (χ1n) is 6.58. The van der Waals surface area contributed by atoms with Crippen LogP contribution in [0.3, 0.4) is 0 Å². The van der Waals surface area contributed by atoms with Crippen molar-refractivity contribution in [2.75, 3.05) is 23.7 Å². The van der Waals surface area contributed by atoms with Gasteiger partial charge in [-0.2, -0.15) is 0 Å². The van der Waals surface area contributed by atoms with Gasteiger partial charge in [0.25, 0.3) is 5.91 Å². The Bertz CT molecular complexity index is 741. The van der Waals surface area contributed by atoms with E-state index in [1.807, 2.05) is 0 Å². The van der Waals surface area contributed by atoms with Crippen molar-refractivity contribution in [3.8, 4) is 0 Å². The maximum atomic E-state index is 13.9. The quantitative estimate of drug-likeness (QED) is 0.644. The molecule has 0 aliphatic carbocycles. The van der Waals surface area contributed by atoms with Gasteiger partial charge in [0.05, 0.1) is 10.6 Å². The predicted octanol–water partition coefficient (Wildman–Crippen LogP) is 2.23. The Hall–Kier alpha value is -2.45. The Balaban J connectivity index is 2.41. The average Bonchev–Trinajstić information content (AvgIpc) is 2.50. The van der Waals surface area contributed by atoms with E-state index in [0.29, 0.717) is 12.2 Å². The van der Waals surface area contributed by atoms with Crippen molar-refractivity contribution in [1.82, 2.24) is 4.98 Å². The number of hydrogen-bond acceptors (Lipinski definition) is 5. The van der Waals surface area contributed by atoms with Crippen molar-refractivity contribution in [1.29, 1.82) is 0 Å². The summed E-state index contributed by atoms with van der Waals surface area (Å²) in [6.07, 6.45) is 0. The molecule has 1 aromatic carbocycles. The smallest absolute Gasteiger partial charge is 0.252 e. The maximum Gasteiger partial charge on any atom is 0.252 e. The molecular weight excluding hydrogens is 328 g/mol. The largest absolute Gasteiger partial charge is 0.366 e. The zero-order valence-electron chi connectivity index (χ0n) is 11.9. The number of hydrogen-bond donors (Lipinski definition) is 4. The van der Waals surface area contributed by atoms with Gasteiger partial charge in [-0.1, -0.05) is 11.6 Å². The molecule has 0 radical (unpaired) electrons. The van der Waals surface area contributed by atoms with Gasteiger partial charge in [-0.05, 0) is 24.3 Å². The van der Waals surface area contributed by atoms with Crippen molar-refractivity contribution >= 4 is 34.8 Å². The van der Waals surface area contributed by atoms with E-state index >= 15 is 0 Å². The molecule has 1 aromatic heterocycles. The van der Waals surface area contributed by atoms with Crippen LogP contribution in [-0.2, 0) is 0 Å². The lowest BCUT2D eigenvalue weighted by Crippen LogP contribution is -2.18. The van der Waals surface area contributed by atoms with E-state index in [1.54, 1.807) is 0 Å². The zero-order chi connectivity index (χ0) is 17.0. The molecule has 0 atom stereocenters. The van der Waals surface area contributed by atoms with Crippen LogP contribution in [0.4, 0.5) is 26.1 Å². The van der Waals surface area contributed by atoms with Crippen LogP contribution in [0.25, 0.3) is 0 Å². The third-order valence-electron chi connectivity index (χ3n) is 2.86. The van der Waals surface area contributed by atoms with Gasteiger partial charge in [0.1, 0.15) is 11.6 Å². The molecule has 122 valence electrons. The normalized spacial score (nSPS) is 10.4. The third kappa shape index (κ3) is 4.05. The van der Waals surface area contributed by atoms with Crippen molar-refractivity contribution in [2.24, 2.45) is 11.5 Å². The van der Waals surface area contributed by atoms with Crippen LogP contribution in [0.15, 0.2) is 24.3 Å². The van der Waals surface area contributed by atoms with Crippen LogP contribution in [-0.4, -0.2) is 24.0 Å². The molecule has 0 fully saturated rings. The minimum Gasteiger partial charge on any atom is -0.366 e. The van der Waals surface area contributed by atoms with E-state index in [2.05, 4.69) is 15.6 Å². The van der Waals surface area contributed by atoms with Gasteiger partial charge in [0, 0.05) is 18.8 Å². The summed E-state index contributed by atoms with van der Waals surface area (Å²) in [6.45, 7) is 0.566. The third-order valence-corrected chi connectivity index (χ3v) is 3.15. The van der Waals surface area contributed by atoms with Crippen LogP contribution < -0.4 is 22.1 Å². The molecule has 1 heterocycles. The average molecular weight is 342 g/mol. The fourth-order valence-electron chi connectivity index (χ4n) is 1.80. The van der Waals surface area contributed by atoms with Gasteiger partial charge in [0.15, 0.2) is 11.6 Å². The highest BCUT2D eigenvalue weighted by molar-refractivity contribution is 6.31. The number of nitrogens with two attached hydrogens (primary N) is 2. The Morgan fingerprint density at radius 1 is 1.22 bits per heavy atom. The van der Waals surface area contributed by atoms with E-state index in [-0.39, 0.29) is 28.8 Å². The molecule has 23 heavy (non-hydrogen) atoms. The van der Waals surface area contributed by atoms with Gasteiger partial charge in [-0.15, -0.1) is 0 Å². The number of pyridine rings is 1. The number of nitrogens with zero attached hydrogens (tertiary/aromatic N) is 1. The molecule has 0 unspecified atom stereocenters. The minimum atomic E-state index is -0.863. The summed E-state index contributed by atoms with van der Waals surface area (Å²) in [5.41, 5.74) is 10.8. The Morgan fingerprint density at radius 2 is 1.96 bits per heavy atom. The van der Waals surface area contributed by atoms with Gasteiger partial charge in [-0.3, -0.25) is 4.79 Å². The number of nitrogens with one attached hydrogen (secondary N) is 2. The molecule has 0 bridgehead atoms. The van der Waals surface area contributed by atoms with Crippen molar-refractivity contribution in [3.05, 3.63) is 46.5 Å². The standard InChI is InChI=1S/C14H14ClF2N5O/c15-9-5-7(1-2-10(9)16)21-13-8(12(19)23)6-11(17)14(22-13)20-4-3-18/h1-2,5-6H,3-4,18H2,(H2,19,23)(H2,20,21,22). The highest BCUT2D eigenvalue weighted by atomic mass is 35.5. The summed E-state index contributed by atoms with van der Waals surface area (Å²) in [5.74, 6) is -2.27. The maximum absolute atomic E-state index is 13.9. The zero-order valence-corrected chi connectivity index (χ0v) is 12.6. The Morgan fingerprint density at radius 3 is 2.57 bits per heavy atom. The number of anilines is 3. The first-order valence-corrected chi connectivity index (χ1v) is 6.96. The summed E-state index contributed by atoms with van der Waals surface area (Å²) in [7, 11) is 0. The molecular formula is C14H14ClF2N5O. The molecule has 9 heteroatoms. The van der Waals surface area contributed by atoms with Crippen LogP contribution in [0.5, 0.6) is 0 Å². The second kappa shape index (κ2) is 7.21. The number of amides is 1. The number of halogens is 3. The number of carbonyl (C=O) groups excluding carboxylic acids is 1. The summed E-state index contributed by atoms with van der Waals surface area (Å²) < 4.78 is 27.1. The van der Waals surface area contributed by atoms with Gasteiger partial charge >= 0.3 is 0 Å². The second-order valence-electron chi connectivity index (χ2n) is 4.55. The van der Waals surface area contributed by atoms with Crippen molar-refractivity contribution in [3.63, 3.8) is 0 Å². The summed E-state index contributed by atoms with van der Waals surface area (Å²) in [6, 6.07) is 4.80.